The monoisotopic (exact) mass is 532 g/mol. The Labute approximate surface area is 221 Å². The van der Waals surface area contributed by atoms with Crippen LogP contribution in [0.4, 0.5) is 11.5 Å². The topological polar surface area (TPSA) is 82.1 Å². The van der Waals surface area contributed by atoms with Crippen LogP contribution in [0.25, 0.3) is 0 Å². The van der Waals surface area contributed by atoms with Crippen molar-refractivity contribution in [1.29, 1.82) is 0 Å². The molecule has 194 valence electrons. The number of ether oxygens (including phenoxy) is 1. The number of aromatic nitrogens is 2. The number of thioether (sulfide) groups is 1. The van der Waals surface area contributed by atoms with E-state index < -0.39 is 0 Å². The van der Waals surface area contributed by atoms with E-state index in [1.165, 1.54) is 11.8 Å². The molecule has 0 bridgehead atoms. The second kappa shape index (κ2) is 12.5. The number of nitrogens with zero attached hydrogens (tertiary/aromatic N) is 6. The van der Waals surface area contributed by atoms with Gasteiger partial charge in [-0.3, -0.25) is 9.59 Å². The number of benzene rings is 1. The summed E-state index contributed by atoms with van der Waals surface area (Å²) in [5, 5.41) is 0.839. The van der Waals surface area contributed by atoms with Crippen LogP contribution >= 0.6 is 23.4 Å². The maximum atomic E-state index is 12.9. The van der Waals surface area contributed by atoms with E-state index in [1.54, 1.807) is 6.07 Å². The van der Waals surface area contributed by atoms with E-state index in [9.17, 15) is 9.59 Å². The molecule has 3 heterocycles. The van der Waals surface area contributed by atoms with Gasteiger partial charge in [-0.05, 0) is 19.1 Å². The molecule has 11 heteroatoms. The van der Waals surface area contributed by atoms with Gasteiger partial charge >= 0.3 is 0 Å². The lowest BCUT2D eigenvalue weighted by molar-refractivity contribution is -0.131. The molecular formula is C25H33ClN6O3S. The lowest BCUT2D eigenvalue weighted by Crippen LogP contribution is -2.49. The third kappa shape index (κ3) is 6.53. The van der Waals surface area contributed by atoms with Gasteiger partial charge in [0.15, 0.2) is 5.16 Å². The summed E-state index contributed by atoms with van der Waals surface area (Å²) in [5.74, 6) is 2.10. The molecule has 0 N–H and O–H groups in total. The minimum atomic E-state index is 0.0644. The molecule has 1 aromatic carbocycles. The summed E-state index contributed by atoms with van der Waals surface area (Å²) in [4.78, 5) is 42.0. The van der Waals surface area contributed by atoms with E-state index in [0.29, 0.717) is 62.6 Å². The number of hydrogen-bond acceptors (Lipinski definition) is 8. The van der Waals surface area contributed by atoms with Crippen molar-refractivity contribution < 1.29 is 14.3 Å². The van der Waals surface area contributed by atoms with Gasteiger partial charge in [0, 0.05) is 64.8 Å². The van der Waals surface area contributed by atoms with Gasteiger partial charge in [-0.2, -0.15) is 0 Å². The van der Waals surface area contributed by atoms with Gasteiger partial charge in [-0.15, -0.1) is 0 Å². The number of amides is 2. The van der Waals surface area contributed by atoms with Gasteiger partial charge in [0.2, 0.25) is 11.8 Å². The Morgan fingerprint density at radius 2 is 1.56 bits per heavy atom. The fraction of sp³-hybridized carbons (Fsp3) is 0.520. The lowest BCUT2D eigenvalue weighted by atomic mass is 10.2. The van der Waals surface area contributed by atoms with Crippen LogP contribution < -0.4 is 14.5 Å². The fourth-order valence-electron chi connectivity index (χ4n) is 4.43. The van der Waals surface area contributed by atoms with E-state index in [0.717, 1.165) is 30.3 Å². The second-order valence-corrected chi connectivity index (χ2v) is 9.94. The molecule has 0 aliphatic carbocycles. The molecule has 1 aromatic heterocycles. The quantitative estimate of drug-likeness (QED) is 0.291. The molecule has 2 amide bonds. The van der Waals surface area contributed by atoms with Crippen LogP contribution in [0.2, 0.25) is 5.15 Å². The highest BCUT2D eigenvalue weighted by Crippen LogP contribution is 2.29. The average molecular weight is 533 g/mol. The summed E-state index contributed by atoms with van der Waals surface area (Å²) in [6, 6.07) is 9.77. The summed E-state index contributed by atoms with van der Waals surface area (Å²) < 4.78 is 5.76. The largest absolute Gasteiger partial charge is 0.492 e. The Hall–Kier alpha value is -2.72. The predicted molar refractivity (Wildman–Crippen MR) is 143 cm³/mol. The molecule has 36 heavy (non-hydrogen) atoms. The highest BCUT2D eigenvalue weighted by Gasteiger charge is 2.24. The van der Waals surface area contributed by atoms with Gasteiger partial charge in [-0.25, -0.2) is 9.97 Å². The van der Waals surface area contributed by atoms with Crippen molar-refractivity contribution in [3.63, 3.8) is 0 Å². The van der Waals surface area contributed by atoms with Crippen LogP contribution in [0.3, 0.4) is 0 Å². The number of carbonyl (C=O) groups is 2. The predicted octanol–water partition coefficient (Wildman–Crippen LogP) is 3.03. The Balaban J connectivity index is 1.29. The van der Waals surface area contributed by atoms with Crippen LogP contribution in [-0.2, 0) is 9.59 Å². The molecule has 0 unspecified atom stereocenters. The van der Waals surface area contributed by atoms with Gasteiger partial charge in [0.1, 0.15) is 16.7 Å². The smallest absolute Gasteiger partial charge is 0.233 e. The molecule has 2 saturated heterocycles. The number of rotatable bonds is 8. The molecule has 2 fully saturated rings. The number of hydrogen-bond donors (Lipinski definition) is 0. The first kappa shape index (κ1) is 26.3. The van der Waals surface area contributed by atoms with Crippen LogP contribution in [-0.4, -0.2) is 96.3 Å². The second-order valence-electron chi connectivity index (χ2n) is 8.61. The van der Waals surface area contributed by atoms with Crippen LogP contribution in [0.5, 0.6) is 5.75 Å². The van der Waals surface area contributed by atoms with Crippen molar-refractivity contribution in [1.82, 2.24) is 19.8 Å². The van der Waals surface area contributed by atoms with Crippen molar-refractivity contribution in [3.8, 4) is 5.75 Å². The Kier molecular flexibility index (Phi) is 9.14. The zero-order chi connectivity index (χ0) is 25.5. The van der Waals surface area contributed by atoms with Crippen molar-refractivity contribution in [3.05, 3.63) is 35.5 Å². The molecule has 2 aliphatic heterocycles. The van der Waals surface area contributed by atoms with Crippen molar-refractivity contribution >= 4 is 46.7 Å². The Morgan fingerprint density at radius 3 is 2.22 bits per heavy atom. The highest BCUT2D eigenvalue weighted by molar-refractivity contribution is 7.99. The summed E-state index contributed by atoms with van der Waals surface area (Å²) in [6.45, 7) is 10.0. The molecule has 0 saturated carbocycles. The third-order valence-corrected chi connectivity index (χ3v) is 7.41. The van der Waals surface area contributed by atoms with Crippen LogP contribution in [0.15, 0.2) is 35.5 Å². The fourth-order valence-corrected chi connectivity index (χ4v) is 5.41. The van der Waals surface area contributed by atoms with E-state index in [2.05, 4.69) is 25.8 Å². The van der Waals surface area contributed by atoms with E-state index in [1.807, 2.05) is 41.8 Å². The lowest BCUT2D eigenvalue weighted by Gasteiger charge is -2.36. The molecule has 2 aliphatic rings. The van der Waals surface area contributed by atoms with Gasteiger partial charge in [0.25, 0.3) is 0 Å². The number of piperazine rings is 2. The SMILES string of the molecule is CCOc1ccccc1N1CCN(C(=O)CSc2nc(Cl)cc(N3CCN(C(=O)CC)CC3)n2)CC1. The maximum Gasteiger partial charge on any atom is 0.233 e. The van der Waals surface area contributed by atoms with Crippen molar-refractivity contribution in [2.45, 2.75) is 25.4 Å². The number of carbonyl (C=O) groups excluding carboxylic acids is 2. The highest BCUT2D eigenvalue weighted by atomic mass is 35.5. The molecule has 0 radical (unpaired) electrons. The molecule has 4 rings (SSSR count). The van der Waals surface area contributed by atoms with Gasteiger partial charge in [0.05, 0.1) is 18.0 Å². The zero-order valence-corrected chi connectivity index (χ0v) is 22.4. The number of anilines is 2. The first-order valence-electron chi connectivity index (χ1n) is 12.4. The molecule has 0 atom stereocenters. The van der Waals surface area contributed by atoms with E-state index in [-0.39, 0.29) is 17.6 Å². The summed E-state index contributed by atoms with van der Waals surface area (Å²) in [6.07, 6.45) is 0.518. The first-order chi connectivity index (χ1) is 17.5. The van der Waals surface area contributed by atoms with E-state index >= 15 is 0 Å². The molecule has 9 nitrogen and oxygen atoms in total. The van der Waals surface area contributed by atoms with Crippen LogP contribution in [0, 0.1) is 0 Å². The molecule has 0 spiro atoms. The maximum absolute atomic E-state index is 12.9. The summed E-state index contributed by atoms with van der Waals surface area (Å²) in [5.41, 5.74) is 1.07. The summed E-state index contributed by atoms with van der Waals surface area (Å²) in [7, 11) is 0. The number of para-hydroxylation sites is 2. The minimum absolute atomic E-state index is 0.0644. The van der Waals surface area contributed by atoms with E-state index in [4.69, 9.17) is 16.3 Å². The van der Waals surface area contributed by atoms with Gasteiger partial charge in [-0.1, -0.05) is 42.4 Å². The first-order valence-corrected chi connectivity index (χ1v) is 13.8. The standard InChI is InChI=1S/C25H33ClN6O3S/c1-3-23(33)31-15-11-30(12-16-31)22-17-21(26)27-25(28-22)36-18-24(34)32-13-9-29(10-14-32)19-7-5-6-8-20(19)35-4-2/h5-8,17H,3-4,9-16,18H2,1-2H3. The van der Waals surface area contributed by atoms with Crippen LogP contribution in [0.1, 0.15) is 20.3 Å². The summed E-state index contributed by atoms with van der Waals surface area (Å²) >= 11 is 7.58. The number of halogens is 1. The normalized spacial score (nSPS) is 16.3. The van der Waals surface area contributed by atoms with Crippen molar-refractivity contribution in [2.75, 3.05) is 74.5 Å². The van der Waals surface area contributed by atoms with Crippen molar-refractivity contribution in [2.24, 2.45) is 0 Å². The molecular weight excluding hydrogens is 500 g/mol. The third-order valence-electron chi connectivity index (χ3n) is 6.38. The average Bonchev–Trinajstić information content (AvgIpc) is 2.91. The van der Waals surface area contributed by atoms with Gasteiger partial charge < -0.3 is 24.3 Å². The minimum Gasteiger partial charge on any atom is -0.492 e. The molecule has 2 aromatic rings. The zero-order valence-electron chi connectivity index (χ0n) is 20.9. The Bertz CT molecular complexity index is 1060. The Morgan fingerprint density at radius 1 is 0.917 bits per heavy atom.